The van der Waals surface area contributed by atoms with Gasteiger partial charge in [-0.15, -0.1) is 0 Å². The number of carbonyl (C=O) groups is 2. The summed E-state index contributed by atoms with van der Waals surface area (Å²) in [6, 6.07) is 5.33. The molecule has 6 heteroatoms. The molecule has 0 saturated heterocycles. The largest absolute Gasteiger partial charge is 0.449 e. The highest BCUT2D eigenvalue weighted by Crippen LogP contribution is 2.28. The topological polar surface area (TPSA) is 68.5 Å². The van der Waals surface area contributed by atoms with Gasteiger partial charge in [0.05, 0.1) is 0 Å². The maximum atomic E-state index is 12.4. The van der Waals surface area contributed by atoms with E-state index in [1.165, 1.54) is 6.42 Å². The molecule has 0 aliphatic heterocycles. The van der Waals surface area contributed by atoms with Crippen molar-refractivity contribution in [2.75, 3.05) is 0 Å². The maximum absolute atomic E-state index is 12.4. The summed E-state index contributed by atoms with van der Waals surface area (Å²) in [5.41, 5.74) is 1.22. The molecule has 1 fully saturated rings. The molecule has 134 valence electrons. The average molecular weight is 364 g/mol. The molecule has 0 unspecified atom stereocenters. The van der Waals surface area contributed by atoms with Gasteiger partial charge >= 0.3 is 5.97 Å². The van der Waals surface area contributed by atoms with Crippen LogP contribution in [-0.2, 0) is 9.53 Å². The molecule has 1 aliphatic carbocycles. The van der Waals surface area contributed by atoms with Gasteiger partial charge in [0.25, 0.3) is 5.91 Å². The molecule has 0 bridgehead atoms. The van der Waals surface area contributed by atoms with Crippen molar-refractivity contribution in [3.63, 3.8) is 0 Å². The zero-order valence-electron chi connectivity index (χ0n) is 14.4. The maximum Gasteiger partial charge on any atom is 0.375 e. The number of carbonyl (C=O) groups excluding carboxylic acids is 2. The molecule has 1 saturated carbocycles. The molecule has 3 rings (SSSR count). The number of amides is 1. The molecular weight excluding hydrogens is 342 g/mol. The summed E-state index contributed by atoms with van der Waals surface area (Å²) >= 11 is 5.99. The number of benzene rings is 1. The van der Waals surface area contributed by atoms with E-state index in [-0.39, 0.29) is 17.7 Å². The fraction of sp³-hybridized carbons (Fsp3) is 0.474. The molecule has 1 aliphatic rings. The van der Waals surface area contributed by atoms with Crippen molar-refractivity contribution in [1.82, 2.24) is 5.32 Å². The molecule has 1 amide bonds. The van der Waals surface area contributed by atoms with Gasteiger partial charge in [-0.25, -0.2) is 4.79 Å². The molecule has 1 aromatic heterocycles. The van der Waals surface area contributed by atoms with Crippen molar-refractivity contribution in [1.29, 1.82) is 0 Å². The minimum atomic E-state index is -0.870. The van der Waals surface area contributed by atoms with Gasteiger partial charge in [-0.3, -0.25) is 4.79 Å². The normalized spacial score (nSPS) is 16.6. The monoisotopic (exact) mass is 363 g/mol. The van der Waals surface area contributed by atoms with Crippen molar-refractivity contribution >= 4 is 34.4 Å². The summed E-state index contributed by atoms with van der Waals surface area (Å²) in [6.07, 6.45) is 4.56. The second-order valence-electron chi connectivity index (χ2n) is 6.59. The van der Waals surface area contributed by atoms with Crippen LogP contribution in [-0.4, -0.2) is 24.0 Å². The molecule has 25 heavy (non-hydrogen) atoms. The first-order valence-electron chi connectivity index (χ1n) is 8.65. The van der Waals surface area contributed by atoms with Crippen molar-refractivity contribution in [3.05, 3.63) is 34.5 Å². The molecule has 0 spiro atoms. The van der Waals surface area contributed by atoms with Gasteiger partial charge < -0.3 is 14.5 Å². The second-order valence-corrected chi connectivity index (χ2v) is 7.02. The van der Waals surface area contributed by atoms with Crippen molar-refractivity contribution in [2.45, 2.75) is 58.1 Å². The van der Waals surface area contributed by atoms with Gasteiger partial charge in [0.15, 0.2) is 6.10 Å². The quantitative estimate of drug-likeness (QED) is 0.818. The van der Waals surface area contributed by atoms with Gasteiger partial charge in [0.2, 0.25) is 5.76 Å². The molecule has 5 nitrogen and oxygen atoms in total. The van der Waals surface area contributed by atoms with Gasteiger partial charge in [-0.2, -0.15) is 0 Å². The van der Waals surface area contributed by atoms with E-state index in [1.54, 1.807) is 32.0 Å². The van der Waals surface area contributed by atoms with Gasteiger partial charge in [0.1, 0.15) is 5.58 Å². The number of nitrogens with one attached hydrogen (secondary N) is 1. The predicted molar refractivity (Wildman–Crippen MR) is 95.9 cm³/mol. The van der Waals surface area contributed by atoms with Gasteiger partial charge in [0, 0.05) is 22.0 Å². The highest BCUT2D eigenvalue weighted by molar-refractivity contribution is 6.31. The zero-order valence-corrected chi connectivity index (χ0v) is 15.2. The lowest BCUT2D eigenvalue weighted by molar-refractivity contribution is -0.130. The van der Waals surface area contributed by atoms with E-state index in [4.69, 9.17) is 20.8 Å². The lowest BCUT2D eigenvalue weighted by Gasteiger charge is -2.24. The van der Waals surface area contributed by atoms with Gasteiger partial charge in [-0.1, -0.05) is 30.9 Å². The van der Waals surface area contributed by atoms with Crippen LogP contribution in [0, 0.1) is 6.92 Å². The average Bonchev–Trinajstić information content (AvgIpc) is 2.92. The van der Waals surface area contributed by atoms with Crippen LogP contribution in [0.4, 0.5) is 0 Å². The number of furan rings is 1. The molecule has 0 radical (unpaired) electrons. The second kappa shape index (κ2) is 7.48. The number of fused-ring (bicyclic) bond motifs is 1. The first-order valence-corrected chi connectivity index (χ1v) is 9.03. The SMILES string of the molecule is Cc1c(C(=O)O[C@@H](C)C(=O)NC2CCCCC2)oc2ccc(Cl)cc12. The third-order valence-electron chi connectivity index (χ3n) is 4.69. The standard InChI is InChI=1S/C19H22ClNO4/c1-11-15-10-13(20)8-9-16(15)25-17(11)19(23)24-12(2)18(22)21-14-6-4-3-5-7-14/h8-10,12,14H,3-7H2,1-2H3,(H,21,22)/t12-/m0/s1. The van der Waals surface area contributed by atoms with Gasteiger partial charge in [-0.05, 0) is 44.9 Å². The zero-order chi connectivity index (χ0) is 18.0. The van der Waals surface area contributed by atoms with Crippen LogP contribution >= 0.6 is 11.6 Å². The molecule has 1 aromatic carbocycles. The number of esters is 1. The third-order valence-corrected chi connectivity index (χ3v) is 4.92. The summed E-state index contributed by atoms with van der Waals surface area (Å²) in [5, 5.41) is 4.29. The van der Waals surface area contributed by atoms with Crippen LogP contribution in [0.3, 0.4) is 0 Å². The number of halogens is 1. The van der Waals surface area contributed by atoms with Crippen LogP contribution in [0.1, 0.15) is 55.1 Å². The Balaban J connectivity index is 1.66. The van der Waals surface area contributed by atoms with Crippen LogP contribution in [0.5, 0.6) is 0 Å². The molecule has 1 N–H and O–H groups in total. The van der Waals surface area contributed by atoms with Crippen LogP contribution in [0.2, 0.25) is 5.02 Å². The Labute approximate surface area is 151 Å². The molecule has 1 heterocycles. The van der Waals surface area contributed by atoms with Crippen molar-refractivity contribution in [2.24, 2.45) is 0 Å². The smallest absolute Gasteiger partial charge is 0.375 e. The van der Waals surface area contributed by atoms with Crippen molar-refractivity contribution in [3.8, 4) is 0 Å². The van der Waals surface area contributed by atoms with E-state index in [0.717, 1.165) is 31.1 Å². The summed E-state index contributed by atoms with van der Waals surface area (Å²) in [6.45, 7) is 3.34. The summed E-state index contributed by atoms with van der Waals surface area (Å²) < 4.78 is 10.9. The van der Waals surface area contributed by atoms with Crippen LogP contribution < -0.4 is 5.32 Å². The highest BCUT2D eigenvalue weighted by Gasteiger charge is 2.26. The van der Waals surface area contributed by atoms with E-state index in [0.29, 0.717) is 16.2 Å². The third kappa shape index (κ3) is 3.98. The molecular formula is C19H22ClNO4. The summed E-state index contributed by atoms with van der Waals surface area (Å²) in [4.78, 5) is 24.6. The number of hydrogen-bond acceptors (Lipinski definition) is 4. The van der Waals surface area contributed by atoms with E-state index >= 15 is 0 Å². The summed E-state index contributed by atoms with van der Waals surface area (Å²) in [5.74, 6) is -0.803. The van der Waals surface area contributed by atoms with E-state index in [9.17, 15) is 9.59 Å². The van der Waals surface area contributed by atoms with Crippen molar-refractivity contribution < 1.29 is 18.7 Å². The number of ether oxygens (including phenoxy) is 1. The number of aryl methyl sites for hydroxylation is 1. The van der Waals surface area contributed by atoms with E-state index in [1.807, 2.05) is 0 Å². The first-order chi connectivity index (χ1) is 12.0. The number of rotatable bonds is 4. The van der Waals surface area contributed by atoms with E-state index < -0.39 is 12.1 Å². The Morgan fingerprint density at radius 2 is 2.00 bits per heavy atom. The van der Waals surface area contributed by atoms with Crippen LogP contribution in [0.15, 0.2) is 22.6 Å². The highest BCUT2D eigenvalue weighted by atomic mass is 35.5. The van der Waals surface area contributed by atoms with Crippen LogP contribution in [0.25, 0.3) is 11.0 Å². The Morgan fingerprint density at radius 3 is 2.72 bits per heavy atom. The minimum Gasteiger partial charge on any atom is -0.449 e. The Hall–Kier alpha value is -2.01. The Bertz CT molecular complexity index is 792. The molecule has 2 aromatic rings. The minimum absolute atomic E-state index is 0.106. The Kier molecular flexibility index (Phi) is 5.33. The lowest BCUT2D eigenvalue weighted by atomic mass is 9.95. The predicted octanol–water partition coefficient (Wildman–Crippen LogP) is 4.39. The summed E-state index contributed by atoms with van der Waals surface area (Å²) in [7, 11) is 0. The number of hydrogen-bond donors (Lipinski definition) is 1. The Morgan fingerprint density at radius 1 is 1.28 bits per heavy atom. The lowest BCUT2D eigenvalue weighted by Crippen LogP contribution is -2.42. The first kappa shape index (κ1) is 17.8. The fourth-order valence-corrected chi connectivity index (χ4v) is 3.39. The molecule has 1 atom stereocenters. The van der Waals surface area contributed by atoms with E-state index in [2.05, 4.69) is 5.32 Å². The fourth-order valence-electron chi connectivity index (χ4n) is 3.22.